The van der Waals surface area contributed by atoms with Gasteiger partial charge in [0.05, 0.1) is 4.92 Å². The van der Waals surface area contributed by atoms with Crippen LogP contribution in [0.3, 0.4) is 0 Å². The summed E-state index contributed by atoms with van der Waals surface area (Å²) in [4.78, 5) is 18.6. The summed E-state index contributed by atoms with van der Waals surface area (Å²) in [6.07, 6.45) is 2.32. The summed E-state index contributed by atoms with van der Waals surface area (Å²) in [5, 5.41) is 14.2. The highest BCUT2D eigenvalue weighted by molar-refractivity contribution is 5.53. The number of nitrogens with one attached hydrogen (secondary N) is 1. The Bertz CT molecular complexity index is 646. The minimum absolute atomic E-state index is 0.0864. The van der Waals surface area contributed by atoms with E-state index in [-0.39, 0.29) is 17.3 Å². The number of nitrogens with zero attached hydrogens (tertiary/aromatic N) is 3. The summed E-state index contributed by atoms with van der Waals surface area (Å²) in [5.74, 6) is 1.08. The number of benzene rings is 1. The summed E-state index contributed by atoms with van der Waals surface area (Å²) in [7, 11) is 0. The van der Waals surface area contributed by atoms with E-state index in [4.69, 9.17) is 4.74 Å². The number of aromatic nitrogens is 2. The zero-order chi connectivity index (χ0) is 15.2. The largest absolute Gasteiger partial charge is 0.431 e. The quantitative estimate of drug-likeness (QED) is 0.647. The summed E-state index contributed by atoms with van der Waals surface area (Å²) in [5.41, 5.74) is 0.586. The number of anilines is 1. The molecule has 1 aromatic carbocycles. The van der Waals surface area contributed by atoms with Crippen molar-refractivity contribution in [3.05, 3.63) is 46.3 Å². The van der Waals surface area contributed by atoms with Crippen molar-refractivity contribution in [2.45, 2.75) is 20.3 Å². The maximum absolute atomic E-state index is 11.1. The molecule has 0 saturated carbocycles. The molecule has 2 aromatic rings. The Balaban J connectivity index is 2.28. The number of nitro groups is 1. The van der Waals surface area contributed by atoms with E-state index in [9.17, 15) is 10.1 Å². The fourth-order valence-electron chi connectivity index (χ4n) is 1.76. The van der Waals surface area contributed by atoms with Gasteiger partial charge in [-0.15, -0.1) is 0 Å². The van der Waals surface area contributed by atoms with Crippen molar-refractivity contribution >= 4 is 11.5 Å². The van der Waals surface area contributed by atoms with Crippen LogP contribution in [0.1, 0.15) is 18.9 Å². The SMILES string of the molecule is CCCNc1cc(Oc2c(C)cccc2[N+](=O)[O-])ncn1. The standard InChI is InChI=1S/C14H16N4O3/c1-3-7-15-12-8-13(17-9-16-12)21-14-10(2)5-4-6-11(14)18(19)20/h4-6,8-9H,3,7H2,1-2H3,(H,15,16,17). The van der Waals surface area contributed by atoms with Gasteiger partial charge in [-0.25, -0.2) is 9.97 Å². The maximum Gasteiger partial charge on any atom is 0.311 e. The lowest BCUT2D eigenvalue weighted by Crippen LogP contribution is -2.03. The van der Waals surface area contributed by atoms with Gasteiger partial charge >= 0.3 is 5.69 Å². The third-order valence-corrected chi connectivity index (χ3v) is 2.79. The van der Waals surface area contributed by atoms with Crippen molar-refractivity contribution in [3.8, 4) is 11.6 Å². The van der Waals surface area contributed by atoms with Crippen LogP contribution in [0.4, 0.5) is 11.5 Å². The molecule has 0 saturated heterocycles. The van der Waals surface area contributed by atoms with Crippen molar-refractivity contribution < 1.29 is 9.66 Å². The van der Waals surface area contributed by atoms with Crippen LogP contribution < -0.4 is 10.1 Å². The molecule has 7 nitrogen and oxygen atoms in total. The first kappa shape index (κ1) is 14.7. The predicted molar refractivity (Wildman–Crippen MR) is 78.7 cm³/mol. The van der Waals surface area contributed by atoms with E-state index in [1.54, 1.807) is 25.1 Å². The Morgan fingerprint density at radius 3 is 2.90 bits per heavy atom. The summed E-state index contributed by atoms with van der Waals surface area (Å²) < 4.78 is 5.59. The molecule has 0 radical (unpaired) electrons. The first-order valence-corrected chi connectivity index (χ1v) is 6.59. The van der Waals surface area contributed by atoms with Gasteiger partial charge in [0.25, 0.3) is 0 Å². The van der Waals surface area contributed by atoms with Gasteiger partial charge in [-0.05, 0) is 18.9 Å². The molecule has 0 spiro atoms. The molecule has 0 atom stereocenters. The fraction of sp³-hybridized carbons (Fsp3) is 0.286. The third-order valence-electron chi connectivity index (χ3n) is 2.79. The van der Waals surface area contributed by atoms with Crippen molar-refractivity contribution in [3.63, 3.8) is 0 Å². The summed E-state index contributed by atoms with van der Waals surface area (Å²) in [6.45, 7) is 4.57. The Morgan fingerprint density at radius 2 is 2.19 bits per heavy atom. The van der Waals surface area contributed by atoms with E-state index in [1.165, 1.54) is 12.4 Å². The van der Waals surface area contributed by atoms with Gasteiger partial charge in [-0.1, -0.05) is 19.1 Å². The van der Waals surface area contributed by atoms with Gasteiger partial charge in [0.15, 0.2) is 0 Å². The van der Waals surface area contributed by atoms with Crippen LogP contribution in [0.25, 0.3) is 0 Å². The number of nitro benzene ring substituents is 1. The van der Waals surface area contributed by atoms with Gasteiger partial charge in [0, 0.05) is 18.7 Å². The number of ether oxygens (including phenoxy) is 1. The molecule has 0 bridgehead atoms. The molecular weight excluding hydrogens is 272 g/mol. The molecular formula is C14H16N4O3. The molecule has 0 fully saturated rings. The van der Waals surface area contributed by atoms with Crippen LogP contribution in [-0.4, -0.2) is 21.4 Å². The van der Waals surface area contributed by atoms with Crippen LogP contribution in [0.15, 0.2) is 30.6 Å². The van der Waals surface area contributed by atoms with Crippen LogP contribution in [0, 0.1) is 17.0 Å². The van der Waals surface area contributed by atoms with Crippen molar-refractivity contribution in [2.24, 2.45) is 0 Å². The molecule has 1 N–H and O–H groups in total. The normalized spacial score (nSPS) is 10.2. The zero-order valence-corrected chi connectivity index (χ0v) is 11.9. The maximum atomic E-state index is 11.1. The Kier molecular flexibility index (Phi) is 4.65. The first-order chi connectivity index (χ1) is 10.1. The average Bonchev–Trinajstić information content (AvgIpc) is 2.47. The van der Waals surface area contributed by atoms with Gasteiger partial charge in [-0.2, -0.15) is 0 Å². The molecule has 21 heavy (non-hydrogen) atoms. The number of para-hydroxylation sites is 1. The topological polar surface area (TPSA) is 90.2 Å². The second kappa shape index (κ2) is 6.65. The van der Waals surface area contributed by atoms with Crippen molar-refractivity contribution in [1.29, 1.82) is 0 Å². The lowest BCUT2D eigenvalue weighted by Gasteiger charge is -2.09. The molecule has 1 aromatic heterocycles. The van der Waals surface area contributed by atoms with Crippen LogP contribution in [0.5, 0.6) is 11.6 Å². The molecule has 0 aliphatic heterocycles. The first-order valence-electron chi connectivity index (χ1n) is 6.59. The predicted octanol–water partition coefficient (Wildman–Crippen LogP) is 3.31. The molecule has 0 aliphatic rings. The number of hydrogen-bond donors (Lipinski definition) is 1. The second-order valence-corrected chi connectivity index (χ2v) is 4.45. The van der Waals surface area contributed by atoms with Crippen molar-refractivity contribution in [1.82, 2.24) is 9.97 Å². The average molecular weight is 288 g/mol. The number of hydrogen-bond acceptors (Lipinski definition) is 6. The fourth-order valence-corrected chi connectivity index (χ4v) is 1.76. The van der Waals surface area contributed by atoms with Gasteiger partial charge in [0.1, 0.15) is 12.1 Å². The smallest absolute Gasteiger partial charge is 0.311 e. The van der Waals surface area contributed by atoms with Crippen LogP contribution in [0.2, 0.25) is 0 Å². The molecule has 110 valence electrons. The second-order valence-electron chi connectivity index (χ2n) is 4.45. The molecule has 0 amide bonds. The third kappa shape index (κ3) is 3.65. The Hall–Kier alpha value is -2.70. The lowest BCUT2D eigenvalue weighted by molar-refractivity contribution is -0.385. The number of rotatable bonds is 6. The summed E-state index contributed by atoms with van der Waals surface area (Å²) in [6, 6.07) is 6.39. The minimum Gasteiger partial charge on any atom is -0.431 e. The van der Waals surface area contributed by atoms with E-state index >= 15 is 0 Å². The Labute approximate surface area is 122 Å². The molecule has 1 heterocycles. The van der Waals surface area contributed by atoms with E-state index in [1.807, 2.05) is 6.92 Å². The molecule has 7 heteroatoms. The molecule has 2 rings (SSSR count). The van der Waals surface area contributed by atoms with E-state index < -0.39 is 4.92 Å². The highest BCUT2D eigenvalue weighted by Gasteiger charge is 2.18. The highest BCUT2D eigenvalue weighted by Crippen LogP contribution is 2.33. The summed E-state index contributed by atoms with van der Waals surface area (Å²) >= 11 is 0. The van der Waals surface area contributed by atoms with Crippen LogP contribution >= 0.6 is 0 Å². The van der Waals surface area contributed by atoms with Gasteiger partial charge < -0.3 is 10.1 Å². The highest BCUT2D eigenvalue weighted by atomic mass is 16.6. The zero-order valence-electron chi connectivity index (χ0n) is 11.9. The van der Waals surface area contributed by atoms with Gasteiger partial charge in [0.2, 0.25) is 11.6 Å². The van der Waals surface area contributed by atoms with E-state index in [0.29, 0.717) is 11.4 Å². The Morgan fingerprint density at radius 1 is 1.38 bits per heavy atom. The number of aryl methyl sites for hydroxylation is 1. The van der Waals surface area contributed by atoms with E-state index in [0.717, 1.165) is 13.0 Å². The molecule has 0 aliphatic carbocycles. The van der Waals surface area contributed by atoms with Gasteiger partial charge in [-0.3, -0.25) is 10.1 Å². The van der Waals surface area contributed by atoms with Crippen molar-refractivity contribution in [2.75, 3.05) is 11.9 Å². The lowest BCUT2D eigenvalue weighted by atomic mass is 10.2. The van der Waals surface area contributed by atoms with E-state index in [2.05, 4.69) is 15.3 Å². The molecule has 0 unspecified atom stereocenters. The monoisotopic (exact) mass is 288 g/mol. The minimum atomic E-state index is -0.472. The van der Waals surface area contributed by atoms with Crippen LogP contribution in [-0.2, 0) is 0 Å².